The molecule has 0 aromatic heterocycles. The van der Waals surface area contributed by atoms with E-state index in [1.807, 2.05) is 0 Å². The summed E-state index contributed by atoms with van der Waals surface area (Å²) < 4.78 is 1.68. The molecule has 0 unspecified atom stereocenters. The van der Waals surface area contributed by atoms with E-state index in [1.54, 1.807) is 3.28 Å². The van der Waals surface area contributed by atoms with Crippen molar-refractivity contribution >= 4 is 24.7 Å². The topological polar surface area (TPSA) is 0 Å². The van der Waals surface area contributed by atoms with Crippen molar-refractivity contribution in [2.24, 2.45) is 0 Å². The zero-order chi connectivity index (χ0) is 5.28. The maximum atomic E-state index is 2.24. The summed E-state index contributed by atoms with van der Waals surface area (Å²) in [5.41, 5.74) is 1.52. The molecule has 1 aliphatic carbocycles. The SMILES string of the molecule is CC1=[C]([BiH2])CC=C1. The van der Waals surface area contributed by atoms with Gasteiger partial charge in [0, 0.05) is 0 Å². The van der Waals surface area contributed by atoms with Gasteiger partial charge in [-0.05, 0) is 0 Å². The Bertz CT molecular complexity index is 131. The van der Waals surface area contributed by atoms with Gasteiger partial charge < -0.3 is 0 Å². The van der Waals surface area contributed by atoms with Gasteiger partial charge in [-0.25, -0.2) is 0 Å². The van der Waals surface area contributed by atoms with Crippen molar-refractivity contribution in [2.45, 2.75) is 13.3 Å². The van der Waals surface area contributed by atoms with Crippen LogP contribution in [0.2, 0.25) is 0 Å². The van der Waals surface area contributed by atoms with Crippen LogP contribution >= 0.6 is 0 Å². The van der Waals surface area contributed by atoms with E-state index in [9.17, 15) is 0 Å². The second kappa shape index (κ2) is 2.09. The van der Waals surface area contributed by atoms with Crippen LogP contribution in [0.1, 0.15) is 13.3 Å². The van der Waals surface area contributed by atoms with Gasteiger partial charge >= 0.3 is 59.1 Å². The van der Waals surface area contributed by atoms with Gasteiger partial charge in [0.1, 0.15) is 0 Å². The van der Waals surface area contributed by atoms with E-state index in [0.29, 0.717) is 0 Å². The second-order valence-corrected chi connectivity index (χ2v) is 4.52. The van der Waals surface area contributed by atoms with E-state index in [-0.39, 0.29) is 0 Å². The Hall–Kier alpha value is 0.363. The summed E-state index contributed by atoms with van der Waals surface area (Å²) in [7, 11) is 0. The molecule has 1 rings (SSSR count). The molecule has 0 spiro atoms. The Balaban J connectivity index is 2.79. The molecule has 0 saturated heterocycles. The van der Waals surface area contributed by atoms with E-state index in [2.05, 4.69) is 19.1 Å². The van der Waals surface area contributed by atoms with Crippen molar-refractivity contribution in [3.8, 4) is 0 Å². The fraction of sp³-hybridized carbons (Fsp3) is 0.333. The van der Waals surface area contributed by atoms with Crippen LogP contribution < -0.4 is 0 Å². The van der Waals surface area contributed by atoms with Crippen LogP contribution in [0.15, 0.2) is 21.0 Å². The van der Waals surface area contributed by atoms with Gasteiger partial charge in [0.2, 0.25) is 0 Å². The third kappa shape index (κ3) is 1.13. The molecular formula is C6H9Bi. The van der Waals surface area contributed by atoms with Gasteiger partial charge in [-0.3, -0.25) is 0 Å². The van der Waals surface area contributed by atoms with Crippen LogP contribution in [0.5, 0.6) is 0 Å². The molecule has 0 saturated carbocycles. The van der Waals surface area contributed by atoms with E-state index >= 15 is 0 Å². The number of rotatable bonds is 0. The first-order valence-corrected chi connectivity index (χ1v) is 4.67. The number of allylic oxidation sites excluding steroid dienone is 4. The molecule has 1 heteroatoms. The summed E-state index contributed by atoms with van der Waals surface area (Å²) in [4.78, 5) is 0. The summed E-state index contributed by atoms with van der Waals surface area (Å²) >= 11 is 1.07. The van der Waals surface area contributed by atoms with E-state index in [0.717, 1.165) is 24.7 Å². The van der Waals surface area contributed by atoms with Gasteiger partial charge in [0.25, 0.3) is 0 Å². The minimum absolute atomic E-state index is 1.07. The van der Waals surface area contributed by atoms with Crippen molar-refractivity contribution < 1.29 is 0 Å². The van der Waals surface area contributed by atoms with E-state index in [4.69, 9.17) is 0 Å². The first kappa shape index (κ1) is 5.50. The van der Waals surface area contributed by atoms with E-state index < -0.39 is 0 Å². The average Bonchev–Trinajstić information content (AvgIpc) is 1.91. The van der Waals surface area contributed by atoms with Crippen LogP contribution in [0.3, 0.4) is 0 Å². The van der Waals surface area contributed by atoms with Crippen LogP contribution in [0.25, 0.3) is 0 Å². The molecule has 0 aromatic carbocycles. The molecule has 0 nitrogen and oxygen atoms in total. The molecular weight excluding hydrogens is 281 g/mol. The van der Waals surface area contributed by atoms with E-state index in [1.165, 1.54) is 12.0 Å². The molecule has 1 aliphatic rings. The fourth-order valence-corrected chi connectivity index (χ4v) is 1.53. The molecule has 0 fully saturated rings. The molecule has 38 valence electrons. The summed E-state index contributed by atoms with van der Waals surface area (Å²) in [6.07, 6.45) is 5.70. The third-order valence-electron chi connectivity index (χ3n) is 1.21. The van der Waals surface area contributed by atoms with Crippen LogP contribution in [-0.2, 0) is 0 Å². The molecule has 0 heterocycles. The Labute approximate surface area is 59.1 Å². The predicted molar refractivity (Wildman–Crippen MR) is 35.0 cm³/mol. The Morgan fingerprint density at radius 3 is 2.57 bits per heavy atom. The number of hydrogen-bond acceptors (Lipinski definition) is 0. The van der Waals surface area contributed by atoms with Gasteiger partial charge in [0.05, 0.1) is 0 Å². The van der Waals surface area contributed by atoms with Crippen molar-refractivity contribution in [3.63, 3.8) is 0 Å². The van der Waals surface area contributed by atoms with Crippen molar-refractivity contribution in [2.75, 3.05) is 0 Å². The first-order chi connectivity index (χ1) is 3.30. The normalized spacial score (nSPS) is 19.1. The fourth-order valence-electron chi connectivity index (χ4n) is 0.631. The summed E-state index contributed by atoms with van der Waals surface area (Å²) in [5.74, 6) is 0. The van der Waals surface area contributed by atoms with Gasteiger partial charge in [-0.2, -0.15) is 0 Å². The number of hydrogen-bond donors (Lipinski definition) is 0. The van der Waals surface area contributed by atoms with Gasteiger partial charge in [-0.15, -0.1) is 0 Å². The summed E-state index contributed by atoms with van der Waals surface area (Å²) in [5, 5.41) is 0. The Kier molecular flexibility index (Phi) is 1.64. The predicted octanol–water partition coefficient (Wildman–Crippen LogP) is 0.853. The maximum absolute atomic E-state index is 2.24. The summed E-state index contributed by atoms with van der Waals surface area (Å²) in [6, 6.07) is 0. The molecule has 0 aliphatic heterocycles. The standard InChI is InChI=1S/C6H7.Bi.2H/c1-6-4-2-3-5-6;;;/h2,4H,3H2,1H3;;;. The zero-order valence-electron chi connectivity index (χ0n) is 4.44. The van der Waals surface area contributed by atoms with Crippen molar-refractivity contribution in [3.05, 3.63) is 21.0 Å². The molecule has 7 heavy (non-hydrogen) atoms. The van der Waals surface area contributed by atoms with Crippen molar-refractivity contribution in [1.29, 1.82) is 0 Å². The monoisotopic (exact) mass is 290 g/mol. The van der Waals surface area contributed by atoms with Gasteiger partial charge in [-0.1, -0.05) is 0 Å². The average molecular weight is 290 g/mol. The quantitative estimate of drug-likeness (QED) is 0.580. The molecule has 0 radical (unpaired) electrons. The molecule has 0 amide bonds. The van der Waals surface area contributed by atoms with Crippen LogP contribution in [0, 0.1) is 0 Å². The molecule has 0 aromatic rings. The second-order valence-electron chi connectivity index (χ2n) is 1.81. The van der Waals surface area contributed by atoms with Crippen LogP contribution in [0.4, 0.5) is 0 Å². The molecule has 0 atom stereocenters. The minimum atomic E-state index is 1.07. The first-order valence-electron chi connectivity index (χ1n) is 2.42. The van der Waals surface area contributed by atoms with Crippen molar-refractivity contribution in [1.82, 2.24) is 0 Å². The van der Waals surface area contributed by atoms with Crippen LogP contribution in [-0.4, -0.2) is 24.7 Å². The molecule has 0 N–H and O–H groups in total. The van der Waals surface area contributed by atoms with Gasteiger partial charge in [0.15, 0.2) is 0 Å². The zero-order valence-corrected chi connectivity index (χ0v) is 8.93. The Morgan fingerprint density at radius 2 is 2.43 bits per heavy atom. The molecule has 0 bridgehead atoms. The Morgan fingerprint density at radius 1 is 1.71 bits per heavy atom. The third-order valence-corrected chi connectivity index (χ3v) is 3.90. The summed E-state index contributed by atoms with van der Waals surface area (Å²) in [6.45, 7) is 2.19.